The van der Waals surface area contributed by atoms with Crippen LogP contribution in [0.5, 0.6) is 0 Å². The molecule has 0 saturated carbocycles. The van der Waals surface area contributed by atoms with E-state index < -0.39 is 6.43 Å². The van der Waals surface area contributed by atoms with Gasteiger partial charge in [0.05, 0.1) is 6.20 Å². The van der Waals surface area contributed by atoms with Crippen molar-refractivity contribution in [2.45, 2.75) is 33.1 Å². The Bertz CT molecular complexity index is 1280. The summed E-state index contributed by atoms with van der Waals surface area (Å²) >= 11 is 0. The van der Waals surface area contributed by atoms with Gasteiger partial charge >= 0.3 is 0 Å². The van der Waals surface area contributed by atoms with Crippen LogP contribution in [0.1, 0.15) is 48.2 Å². The molecule has 0 bridgehead atoms. The number of halogens is 2. The number of benzene rings is 2. The highest BCUT2D eigenvalue weighted by Crippen LogP contribution is 2.41. The number of nitrogens with zero attached hydrogens (tertiary/aromatic N) is 3. The summed E-state index contributed by atoms with van der Waals surface area (Å²) < 4.78 is 29.6. The molecule has 0 aliphatic carbocycles. The number of rotatable bonds is 4. The Morgan fingerprint density at radius 2 is 1.91 bits per heavy atom. The van der Waals surface area contributed by atoms with Gasteiger partial charge in [0, 0.05) is 65.0 Å². The van der Waals surface area contributed by atoms with E-state index in [2.05, 4.69) is 20.3 Å². The maximum Gasteiger partial charge on any atom is 0.264 e. The van der Waals surface area contributed by atoms with E-state index >= 15 is 0 Å². The molecule has 0 saturated heterocycles. The molecule has 0 spiro atoms. The fourth-order valence-corrected chi connectivity index (χ4v) is 4.30. The number of carbonyl (C=O) groups is 1. The molecule has 1 aliphatic rings. The molecule has 2 aromatic heterocycles. The molecule has 0 radical (unpaired) electrons. The largest absolute Gasteiger partial charge is 0.360 e. The molecule has 1 aliphatic heterocycles. The second kappa shape index (κ2) is 11.8. The predicted molar refractivity (Wildman–Crippen MR) is 139 cm³/mol. The minimum atomic E-state index is -2.59. The molecule has 4 aromatic rings. The summed E-state index contributed by atoms with van der Waals surface area (Å²) in [7, 11) is 5.52. The Balaban J connectivity index is 0.000000638. The van der Waals surface area contributed by atoms with Gasteiger partial charge in [-0.1, -0.05) is 13.8 Å². The van der Waals surface area contributed by atoms with Crippen LogP contribution in [-0.2, 0) is 13.5 Å². The van der Waals surface area contributed by atoms with Crippen molar-refractivity contribution in [3.05, 3.63) is 65.6 Å². The minimum absolute atomic E-state index is 0.00459. The molecule has 0 fully saturated rings. The van der Waals surface area contributed by atoms with Gasteiger partial charge in [0.1, 0.15) is 0 Å². The minimum Gasteiger partial charge on any atom is -0.360 e. The molecule has 5 rings (SSSR count). The van der Waals surface area contributed by atoms with Crippen LogP contribution in [0.3, 0.4) is 0 Å². The number of hydrogen-bond donors (Lipinski definition) is 2. The van der Waals surface area contributed by atoms with Crippen molar-refractivity contribution in [3.63, 3.8) is 0 Å². The first-order valence-electron chi connectivity index (χ1n) is 11.8. The Morgan fingerprint density at radius 1 is 1.17 bits per heavy atom. The van der Waals surface area contributed by atoms with Gasteiger partial charge in [0.2, 0.25) is 0 Å². The number of fused-ring (bicyclic) bond motifs is 2. The van der Waals surface area contributed by atoms with E-state index in [1.807, 2.05) is 52.2 Å². The van der Waals surface area contributed by atoms with Gasteiger partial charge in [-0.2, -0.15) is 5.10 Å². The molecule has 8 heteroatoms. The van der Waals surface area contributed by atoms with Gasteiger partial charge in [-0.25, -0.2) is 8.78 Å². The highest BCUT2D eigenvalue weighted by atomic mass is 19.3. The van der Waals surface area contributed by atoms with Crippen molar-refractivity contribution in [1.29, 1.82) is 0 Å². The van der Waals surface area contributed by atoms with Crippen LogP contribution in [0.4, 0.5) is 20.2 Å². The summed E-state index contributed by atoms with van der Waals surface area (Å²) in [5, 5.41) is 7.72. The van der Waals surface area contributed by atoms with Crippen molar-refractivity contribution in [1.82, 2.24) is 20.1 Å². The zero-order valence-corrected chi connectivity index (χ0v) is 20.9. The lowest BCUT2D eigenvalue weighted by molar-refractivity contribution is 0.112. The third kappa shape index (κ3) is 5.43. The van der Waals surface area contributed by atoms with Gasteiger partial charge < -0.3 is 15.2 Å². The van der Waals surface area contributed by atoms with Crippen LogP contribution in [0, 0.1) is 0 Å². The van der Waals surface area contributed by atoms with Crippen LogP contribution in [0.2, 0.25) is 0 Å². The van der Waals surface area contributed by atoms with Crippen molar-refractivity contribution in [2.75, 3.05) is 25.5 Å². The topological polar surface area (TPSA) is 66.0 Å². The number of aromatic nitrogens is 3. The number of anilines is 2. The molecule has 6 nitrogen and oxygen atoms in total. The van der Waals surface area contributed by atoms with Crippen LogP contribution < -0.4 is 10.2 Å². The first-order chi connectivity index (χ1) is 17.0. The van der Waals surface area contributed by atoms with Gasteiger partial charge in [-0.05, 0) is 68.4 Å². The molecule has 35 heavy (non-hydrogen) atoms. The van der Waals surface area contributed by atoms with E-state index in [9.17, 15) is 13.6 Å². The maximum absolute atomic E-state index is 14.0. The fraction of sp³-hybridized carbons (Fsp3) is 0.333. The number of hydrogen-bond acceptors (Lipinski definition) is 4. The van der Waals surface area contributed by atoms with Crippen LogP contribution in [0.25, 0.3) is 22.0 Å². The van der Waals surface area contributed by atoms with E-state index in [0.29, 0.717) is 16.7 Å². The van der Waals surface area contributed by atoms with Crippen LogP contribution in [0.15, 0.2) is 48.9 Å². The van der Waals surface area contributed by atoms with Gasteiger partial charge in [-0.3, -0.25) is 9.48 Å². The Kier molecular flexibility index (Phi) is 8.76. The maximum atomic E-state index is 14.0. The number of aryl methyl sites for hydroxylation is 2. The lowest BCUT2D eigenvalue weighted by Gasteiger charge is -2.32. The third-order valence-corrected chi connectivity index (χ3v) is 5.76. The highest BCUT2D eigenvalue weighted by molar-refractivity contribution is 5.99. The summed E-state index contributed by atoms with van der Waals surface area (Å²) in [6.07, 6.45) is 5.03. The van der Waals surface area contributed by atoms with Gasteiger partial charge in [0.15, 0.2) is 6.29 Å². The second-order valence-electron chi connectivity index (χ2n) is 8.12. The lowest BCUT2D eigenvalue weighted by atomic mass is 9.92. The van der Waals surface area contributed by atoms with Crippen LogP contribution >= 0.6 is 0 Å². The second-order valence-corrected chi connectivity index (χ2v) is 8.12. The van der Waals surface area contributed by atoms with E-state index in [4.69, 9.17) is 0 Å². The van der Waals surface area contributed by atoms with Gasteiger partial charge in [0.25, 0.3) is 6.43 Å². The predicted octanol–water partition coefficient (Wildman–Crippen LogP) is 6.26. The SMILES string of the molecule is CC.CNC.Cn1cc(-c2cc3c(cc2C(F)F)N(c2ccc4[nH]cc(C=O)c4c2)CCC3)cn1. The first kappa shape index (κ1) is 26.1. The molecule has 3 heterocycles. The highest BCUT2D eigenvalue weighted by Gasteiger charge is 2.25. The lowest BCUT2D eigenvalue weighted by Crippen LogP contribution is -2.25. The summed E-state index contributed by atoms with van der Waals surface area (Å²) in [6.45, 7) is 4.73. The molecule has 0 amide bonds. The number of nitrogens with one attached hydrogen (secondary N) is 2. The summed E-state index contributed by atoms with van der Waals surface area (Å²) in [4.78, 5) is 16.5. The number of aldehydes is 1. The van der Waals surface area contributed by atoms with Crippen molar-refractivity contribution >= 4 is 28.6 Å². The number of H-pyrrole nitrogens is 1. The molecule has 0 unspecified atom stereocenters. The zero-order chi connectivity index (χ0) is 25.5. The summed E-state index contributed by atoms with van der Waals surface area (Å²) in [5.41, 5.74) is 5.41. The quantitative estimate of drug-likeness (QED) is 0.338. The summed E-state index contributed by atoms with van der Waals surface area (Å²) in [6, 6.07) is 9.32. The van der Waals surface area contributed by atoms with E-state index in [0.717, 1.165) is 53.5 Å². The number of alkyl halides is 2. The number of carbonyl (C=O) groups excluding carboxylic acids is 1. The van der Waals surface area contributed by atoms with Crippen molar-refractivity contribution in [3.8, 4) is 11.1 Å². The Hall–Kier alpha value is -3.52. The molecule has 2 aromatic carbocycles. The molecule has 186 valence electrons. The van der Waals surface area contributed by atoms with E-state index in [1.54, 1.807) is 36.4 Å². The monoisotopic (exact) mass is 481 g/mol. The third-order valence-electron chi connectivity index (χ3n) is 5.76. The normalized spacial score (nSPS) is 12.5. The zero-order valence-electron chi connectivity index (χ0n) is 20.9. The average Bonchev–Trinajstić information content (AvgIpc) is 3.50. The molecule has 0 atom stereocenters. The number of aromatic amines is 1. The van der Waals surface area contributed by atoms with Crippen molar-refractivity contribution < 1.29 is 13.6 Å². The smallest absolute Gasteiger partial charge is 0.264 e. The Morgan fingerprint density at radius 3 is 2.54 bits per heavy atom. The van der Waals surface area contributed by atoms with Gasteiger partial charge in [-0.15, -0.1) is 0 Å². The average molecular weight is 482 g/mol. The van der Waals surface area contributed by atoms with Crippen LogP contribution in [-0.4, -0.2) is 41.7 Å². The Labute approximate surface area is 205 Å². The van der Waals surface area contributed by atoms with E-state index in [-0.39, 0.29) is 5.56 Å². The molecular weight excluding hydrogens is 448 g/mol. The van der Waals surface area contributed by atoms with E-state index in [1.165, 1.54) is 0 Å². The molecule has 2 N–H and O–H groups in total. The summed E-state index contributed by atoms with van der Waals surface area (Å²) in [5.74, 6) is 0. The fourth-order valence-electron chi connectivity index (χ4n) is 4.30. The van der Waals surface area contributed by atoms with Crippen molar-refractivity contribution in [2.24, 2.45) is 7.05 Å². The first-order valence-corrected chi connectivity index (χ1v) is 11.8. The standard InChI is InChI=1S/C23H20F2N4O.C2H7N.C2H6/c1-28-12-15(11-27-28)18-7-14-3-2-6-29(22(14)9-20(18)23(24)25)17-4-5-21-19(8-17)16(13-30)10-26-21;1-3-2;1-2/h4-5,7-13,23,26H,2-3,6H2,1H3;3H,1-2H3;1-2H3. The molecular formula is C27H33F2N5O.